The van der Waals surface area contributed by atoms with Gasteiger partial charge in [0.1, 0.15) is 23.7 Å². The van der Waals surface area contributed by atoms with Crippen molar-refractivity contribution < 1.29 is 18.8 Å². The second kappa shape index (κ2) is 12.2. The highest BCUT2D eigenvalue weighted by Gasteiger charge is 2.49. The molecular formula is C32H37N5O4S. The van der Waals surface area contributed by atoms with Gasteiger partial charge >= 0.3 is 0 Å². The molecule has 3 aromatic rings. The van der Waals surface area contributed by atoms with Crippen LogP contribution in [0.5, 0.6) is 5.75 Å². The SMILES string of the molecule is CC(C)(C)S(=O)NC1c2ccccc2CC12CCN(c1ncc(C#CCOc3ccc(C(N)=O)cc3)nc1CO)CC2. The third kappa shape index (κ3) is 6.33. The number of primary amides is 1. The van der Waals surface area contributed by atoms with E-state index in [0.717, 1.165) is 32.4 Å². The monoisotopic (exact) mass is 587 g/mol. The smallest absolute Gasteiger partial charge is 0.248 e. The number of hydrogen-bond donors (Lipinski definition) is 3. The van der Waals surface area contributed by atoms with E-state index in [-0.39, 0.29) is 29.4 Å². The maximum atomic E-state index is 13.2. The van der Waals surface area contributed by atoms with E-state index in [9.17, 15) is 14.1 Å². The summed E-state index contributed by atoms with van der Waals surface area (Å²) < 4.78 is 21.9. The summed E-state index contributed by atoms with van der Waals surface area (Å²) >= 11 is 0. The van der Waals surface area contributed by atoms with Crippen LogP contribution in [0.4, 0.5) is 5.82 Å². The van der Waals surface area contributed by atoms with E-state index >= 15 is 0 Å². The number of rotatable bonds is 7. The third-order valence-corrected chi connectivity index (χ3v) is 9.56. The lowest BCUT2D eigenvalue weighted by Gasteiger charge is -2.44. The lowest BCUT2D eigenvalue weighted by molar-refractivity contribution is 0.1000. The largest absolute Gasteiger partial charge is 0.481 e. The molecule has 5 rings (SSSR count). The molecule has 0 radical (unpaired) electrons. The van der Waals surface area contributed by atoms with Crippen molar-refractivity contribution in [1.29, 1.82) is 0 Å². The average molecular weight is 588 g/mol. The van der Waals surface area contributed by atoms with Crippen LogP contribution < -0.4 is 20.1 Å². The number of nitrogens with zero attached hydrogens (tertiary/aromatic N) is 3. The Bertz CT molecular complexity index is 1530. The van der Waals surface area contributed by atoms with E-state index in [4.69, 9.17) is 10.5 Å². The first-order chi connectivity index (χ1) is 20.1. The molecule has 42 heavy (non-hydrogen) atoms. The molecule has 1 amide bonds. The van der Waals surface area contributed by atoms with Crippen molar-refractivity contribution in [3.8, 4) is 17.6 Å². The van der Waals surface area contributed by atoms with Gasteiger partial charge < -0.3 is 20.5 Å². The zero-order valence-electron chi connectivity index (χ0n) is 24.2. The van der Waals surface area contributed by atoms with E-state index in [1.807, 2.05) is 20.8 Å². The van der Waals surface area contributed by atoms with Crippen LogP contribution in [0.25, 0.3) is 0 Å². The van der Waals surface area contributed by atoms with E-state index in [2.05, 4.69) is 55.7 Å². The number of piperidine rings is 1. The van der Waals surface area contributed by atoms with Crippen molar-refractivity contribution in [2.75, 3.05) is 24.6 Å². The van der Waals surface area contributed by atoms with Crippen molar-refractivity contribution in [2.45, 2.75) is 57.4 Å². The first-order valence-electron chi connectivity index (χ1n) is 14.1. The van der Waals surface area contributed by atoms with Crippen molar-refractivity contribution in [1.82, 2.24) is 14.7 Å². The standard InChI is InChI=1S/C32H37N5O4S/c1-31(2,3)42(40)36-28-26-9-5-4-7-23(26)19-32(28)14-16-37(17-15-32)30-27(21-38)35-24(20-34-30)8-6-18-41-25-12-10-22(11-13-25)29(33)39/h4-5,7,9-13,20,28,36,38H,14-19,21H2,1-3H3,(H2,33,39). The van der Waals surface area contributed by atoms with Crippen LogP contribution in [0.3, 0.4) is 0 Å². The summed E-state index contributed by atoms with van der Waals surface area (Å²) in [7, 11) is -1.19. The first kappa shape index (κ1) is 29.7. The number of hydrogen-bond acceptors (Lipinski definition) is 7. The van der Waals surface area contributed by atoms with Gasteiger partial charge in [0.25, 0.3) is 0 Å². The maximum Gasteiger partial charge on any atom is 0.248 e. The number of aliphatic hydroxyl groups is 1. The fraction of sp³-hybridized carbons (Fsp3) is 0.406. The van der Waals surface area contributed by atoms with Gasteiger partial charge in [-0.25, -0.2) is 18.9 Å². The summed E-state index contributed by atoms with van der Waals surface area (Å²) in [5.74, 6) is 6.61. The predicted molar refractivity (Wildman–Crippen MR) is 163 cm³/mol. The molecule has 2 atom stereocenters. The summed E-state index contributed by atoms with van der Waals surface area (Å²) in [4.78, 5) is 22.6. The Kier molecular flexibility index (Phi) is 8.64. The number of nitrogens with two attached hydrogens (primary N) is 1. The Hall–Kier alpha value is -3.78. The topological polar surface area (TPSA) is 131 Å². The van der Waals surface area contributed by atoms with Crippen molar-refractivity contribution in [2.24, 2.45) is 11.1 Å². The van der Waals surface area contributed by atoms with E-state index < -0.39 is 16.9 Å². The van der Waals surface area contributed by atoms with Crippen LogP contribution in [0.2, 0.25) is 0 Å². The minimum atomic E-state index is -1.19. The van der Waals surface area contributed by atoms with Crippen LogP contribution in [0.1, 0.15) is 72.5 Å². The molecule has 220 valence electrons. The lowest BCUT2D eigenvalue weighted by atomic mass is 9.73. The van der Waals surface area contributed by atoms with Crippen LogP contribution in [0.15, 0.2) is 54.7 Å². The van der Waals surface area contributed by atoms with Gasteiger partial charge in [-0.1, -0.05) is 30.2 Å². The number of ether oxygens (including phenoxy) is 1. The quantitative estimate of drug-likeness (QED) is 0.361. The molecule has 1 saturated heterocycles. The molecule has 10 heteroatoms. The molecule has 9 nitrogen and oxygen atoms in total. The predicted octanol–water partition coefficient (Wildman–Crippen LogP) is 3.43. The van der Waals surface area contributed by atoms with Gasteiger partial charge in [0.2, 0.25) is 5.91 Å². The minimum absolute atomic E-state index is 0.0141. The molecule has 2 unspecified atom stereocenters. The number of carbonyl (C=O) groups is 1. The Morgan fingerprint density at radius 1 is 1.19 bits per heavy atom. The minimum Gasteiger partial charge on any atom is -0.481 e. The van der Waals surface area contributed by atoms with Crippen LogP contribution in [-0.2, 0) is 24.0 Å². The van der Waals surface area contributed by atoms with Gasteiger partial charge in [0.15, 0.2) is 5.82 Å². The molecule has 1 aliphatic heterocycles. The third-order valence-electron chi connectivity index (χ3n) is 8.00. The van der Waals surface area contributed by atoms with Crippen molar-refractivity contribution >= 4 is 22.7 Å². The molecule has 1 aromatic heterocycles. The summed E-state index contributed by atoms with van der Waals surface area (Å²) in [6, 6.07) is 15.0. The molecule has 4 N–H and O–H groups in total. The zero-order chi connectivity index (χ0) is 29.9. The molecule has 0 saturated carbocycles. The highest BCUT2D eigenvalue weighted by molar-refractivity contribution is 7.84. The fourth-order valence-corrected chi connectivity index (χ4v) is 6.65. The summed E-state index contributed by atoms with van der Waals surface area (Å²) in [5.41, 5.74) is 9.12. The van der Waals surface area contributed by atoms with E-state index in [1.165, 1.54) is 11.1 Å². The summed E-state index contributed by atoms with van der Waals surface area (Å²) in [6.45, 7) is 7.37. The first-order valence-corrected chi connectivity index (χ1v) is 15.2. The van der Waals surface area contributed by atoms with Gasteiger partial charge in [-0.15, -0.1) is 0 Å². The van der Waals surface area contributed by atoms with Gasteiger partial charge in [-0.05, 0) is 86.8 Å². The van der Waals surface area contributed by atoms with Gasteiger partial charge in [-0.2, -0.15) is 0 Å². The zero-order valence-corrected chi connectivity index (χ0v) is 25.0. The maximum absolute atomic E-state index is 13.2. The molecule has 2 heterocycles. The Labute approximate surface area is 249 Å². The number of nitrogens with one attached hydrogen (secondary N) is 1. The highest BCUT2D eigenvalue weighted by Crippen LogP contribution is 2.52. The van der Waals surface area contributed by atoms with Crippen molar-refractivity contribution in [3.05, 3.63) is 82.8 Å². The Balaban J connectivity index is 1.25. The number of aromatic nitrogens is 2. The van der Waals surface area contributed by atoms with Gasteiger partial charge in [0, 0.05) is 18.7 Å². The molecule has 1 fully saturated rings. The molecule has 1 aliphatic carbocycles. The number of carbonyl (C=O) groups excluding carboxylic acids is 1. The van der Waals surface area contributed by atoms with Crippen LogP contribution in [0, 0.1) is 17.3 Å². The van der Waals surface area contributed by atoms with Gasteiger partial charge in [-0.3, -0.25) is 4.79 Å². The number of aliphatic hydroxyl groups excluding tert-OH is 1. The second-order valence-electron chi connectivity index (χ2n) is 11.8. The normalized spacial score (nSPS) is 18.2. The second-order valence-corrected chi connectivity index (χ2v) is 13.8. The Morgan fingerprint density at radius 2 is 1.90 bits per heavy atom. The number of fused-ring (bicyclic) bond motifs is 1. The number of benzene rings is 2. The molecule has 0 bridgehead atoms. The number of anilines is 1. The van der Waals surface area contributed by atoms with Crippen LogP contribution in [-0.4, -0.2) is 49.6 Å². The highest BCUT2D eigenvalue weighted by atomic mass is 32.2. The Morgan fingerprint density at radius 3 is 2.57 bits per heavy atom. The van der Waals surface area contributed by atoms with E-state index in [0.29, 0.717) is 28.5 Å². The average Bonchev–Trinajstić information content (AvgIpc) is 3.27. The summed E-state index contributed by atoms with van der Waals surface area (Å²) in [6.07, 6.45) is 4.36. The summed E-state index contributed by atoms with van der Waals surface area (Å²) in [5, 5.41) is 10.1. The van der Waals surface area contributed by atoms with Crippen LogP contribution >= 0.6 is 0 Å². The number of amides is 1. The van der Waals surface area contributed by atoms with E-state index in [1.54, 1.807) is 30.5 Å². The fourth-order valence-electron chi connectivity index (χ4n) is 5.70. The lowest BCUT2D eigenvalue weighted by Crippen LogP contribution is -2.48. The molecule has 2 aromatic carbocycles. The molecule has 1 spiro atoms. The van der Waals surface area contributed by atoms with Crippen molar-refractivity contribution in [3.63, 3.8) is 0 Å². The molecular weight excluding hydrogens is 550 g/mol. The molecule has 2 aliphatic rings. The van der Waals surface area contributed by atoms with Gasteiger partial charge in [0.05, 0.1) is 34.6 Å².